The lowest BCUT2D eigenvalue weighted by molar-refractivity contribution is 0.590. The van der Waals surface area contributed by atoms with Gasteiger partial charge in [-0.1, -0.05) is 45.0 Å². The summed E-state index contributed by atoms with van der Waals surface area (Å²) in [4.78, 5) is 7.18. The van der Waals surface area contributed by atoms with Crippen LogP contribution in [0.3, 0.4) is 0 Å². The summed E-state index contributed by atoms with van der Waals surface area (Å²) < 4.78 is 26.9. The van der Waals surface area contributed by atoms with Gasteiger partial charge in [-0.15, -0.1) is 0 Å². The second-order valence-corrected chi connectivity index (χ2v) is 6.20. The van der Waals surface area contributed by atoms with Gasteiger partial charge in [0.1, 0.15) is 17.2 Å². The van der Waals surface area contributed by atoms with Crippen LogP contribution >= 0.6 is 0 Å². The topological polar surface area (TPSA) is 28.7 Å². The van der Waals surface area contributed by atoms with Crippen molar-refractivity contribution >= 4 is 11.0 Å². The number of halogens is 2. The second kappa shape index (κ2) is 4.65. The molecule has 0 amide bonds. The summed E-state index contributed by atoms with van der Waals surface area (Å²) >= 11 is 0. The van der Waals surface area contributed by atoms with Gasteiger partial charge in [-0.25, -0.2) is 13.8 Å². The smallest absolute Gasteiger partial charge is 0.153 e. The van der Waals surface area contributed by atoms with Crippen LogP contribution in [0.1, 0.15) is 27.8 Å². The van der Waals surface area contributed by atoms with Gasteiger partial charge in [0, 0.05) is 13.1 Å². The maximum absolute atomic E-state index is 13.7. The van der Waals surface area contributed by atoms with Crippen LogP contribution in [-0.4, -0.2) is 9.97 Å². The number of benzene rings is 2. The quantitative estimate of drug-likeness (QED) is 0.666. The number of aromatic nitrogens is 2. The van der Waals surface area contributed by atoms with Crippen LogP contribution in [0.5, 0.6) is 0 Å². The van der Waals surface area contributed by atoms with E-state index in [1.165, 1.54) is 11.6 Å². The van der Waals surface area contributed by atoms with Gasteiger partial charge in [0.2, 0.25) is 0 Å². The molecule has 0 saturated carbocycles. The Kier molecular flexibility index (Phi) is 3.04. The van der Waals surface area contributed by atoms with Crippen LogP contribution in [0.4, 0.5) is 8.78 Å². The molecule has 0 fully saturated rings. The van der Waals surface area contributed by atoms with Crippen LogP contribution in [0, 0.1) is 11.6 Å². The molecule has 1 aromatic heterocycles. The molecule has 0 aliphatic rings. The summed E-state index contributed by atoms with van der Waals surface area (Å²) in [7, 11) is 0. The number of hydrogen-bond donors (Lipinski definition) is 1. The molecule has 2 aromatic carbocycles. The van der Waals surface area contributed by atoms with E-state index in [0.29, 0.717) is 11.3 Å². The maximum Gasteiger partial charge on any atom is 0.153 e. The Morgan fingerprint density at radius 1 is 1.05 bits per heavy atom. The zero-order valence-electron chi connectivity index (χ0n) is 12.2. The average Bonchev–Trinajstić information content (AvgIpc) is 2.82. The Morgan fingerprint density at radius 2 is 1.71 bits per heavy atom. The first-order chi connectivity index (χ1) is 9.84. The molecule has 21 heavy (non-hydrogen) atoms. The molecule has 4 heteroatoms. The number of H-pyrrole nitrogens is 1. The Labute approximate surface area is 123 Å². The van der Waals surface area contributed by atoms with Crippen molar-refractivity contribution in [3.63, 3.8) is 0 Å². The third-order valence-corrected chi connectivity index (χ3v) is 3.53. The molecule has 0 aliphatic heterocycles. The lowest BCUT2D eigenvalue weighted by Gasteiger charge is -2.18. The van der Waals surface area contributed by atoms with Crippen molar-refractivity contribution in [2.75, 3.05) is 0 Å². The monoisotopic (exact) mass is 288 g/mol. The lowest BCUT2D eigenvalue weighted by atomic mass is 9.87. The summed E-state index contributed by atoms with van der Waals surface area (Å²) in [5.74, 6) is -0.730. The fourth-order valence-corrected chi connectivity index (χ4v) is 2.31. The van der Waals surface area contributed by atoms with Crippen LogP contribution in [0.2, 0.25) is 0 Å². The first-order valence-electron chi connectivity index (χ1n) is 6.80. The number of aromatic amines is 1. The zero-order valence-corrected chi connectivity index (χ0v) is 12.2. The van der Waals surface area contributed by atoms with E-state index in [9.17, 15) is 8.78 Å². The highest BCUT2D eigenvalue weighted by Gasteiger charge is 2.15. The third kappa shape index (κ3) is 2.53. The molecule has 0 spiro atoms. The van der Waals surface area contributed by atoms with E-state index in [2.05, 4.69) is 30.7 Å². The summed E-state index contributed by atoms with van der Waals surface area (Å²) in [6.07, 6.45) is 0. The molecule has 0 saturated heterocycles. The first-order valence-corrected chi connectivity index (χ1v) is 6.80. The number of nitrogens with one attached hydrogen (secondary N) is 1. The minimum absolute atomic E-state index is 0. The van der Waals surface area contributed by atoms with Gasteiger partial charge in [-0.3, -0.25) is 0 Å². The number of hydrogen-bond acceptors (Lipinski definition) is 1. The largest absolute Gasteiger partial charge is 0.338 e. The van der Waals surface area contributed by atoms with Gasteiger partial charge in [0.05, 0.1) is 5.52 Å². The molecular formula is C17H18F2N2. The van der Waals surface area contributed by atoms with Gasteiger partial charge in [0.15, 0.2) is 5.82 Å². The van der Waals surface area contributed by atoms with Gasteiger partial charge < -0.3 is 4.98 Å². The average molecular weight is 288 g/mol. The van der Waals surface area contributed by atoms with Crippen molar-refractivity contribution in [2.45, 2.75) is 26.2 Å². The van der Waals surface area contributed by atoms with Gasteiger partial charge in [-0.2, -0.15) is 0 Å². The van der Waals surface area contributed by atoms with Crippen molar-refractivity contribution in [3.8, 4) is 11.4 Å². The molecule has 1 heterocycles. The first kappa shape index (κ1) is 13.7. The summed E-state index contributed by atoms with van der Waals surface area (Å²) in [6, 6.07) is 10.0. The minimum atomic E-state index is -0.654. The Morgan fingerprint density at radius 3 is 2.33 bits per heavy atom. The normalized spacial score (nSPS) is 12.0. The summed E-state index contributed by atoms with van der Waals surface area (Å²) in [6.45, 7) is 6.42. The number of rotatable bonds is 1. The van der Waals surface area contributed by atoms with Crippen molar-refractivity contribution < 1.29 is 10.2 Å². The van der Waals surface area contributed by atoms with E-state index >= 15 is 0 Å². The third-order valence-electron chi connectivity index (χ3n) is 3.53. The molecule has 0 aliphatic carbocycles. The molecular weight excluding hydrogens is 270 g/mol. The maximum atomic E-state index is 13.7. The zero-order chi connectivity index (χ0) is 15.2. The predicted octanol–water partition coefficient (Wildman–Crippen LogP) is 5.05. The van der Waals surface area contributed by atoms with Crippen molar-refractivity contribution in [1.82, 2.24) is 9.97 Å². The van der Waals surface area contributed by atoms with E-state index in [1.54, 1.807) is 0 Å². The van der Waals surface area contributed by atoms with E-state index < -0.39 is 11.6 Å². The minimum Gasteiger partial charge on any atom is -0.338 e. The van der Waals surface area contributed by atoms with Crippen LogP contribution < -0.4 is 0 Å². The van der Waals surface area contributed by atoms with Crippen LogP contribution in [0.25, 0.3) is 22.4 Å². The van der Waals surface area contributed by atoms with E-state index in [-0.39, 0.29) is 12.4 Å². The number of imidazole rings is 1. The Hall–Kier alpha value is -2.23. The lowest BCUT2D eigenvalue weighted by Crippen LogP contribution is -2.10. The number of nitrogens with zero attached hydrogens (tertiary/aromatic N) is 1. The molecule has 0 unspecified atom stereocenters. The van der Waals surface area contributed by atoms with Gasteiger partial charge in [0.25, 0.3) is 0 Å². The molecule has 0 radical (unpaired) electrons. The van der Waals surface area contributed by atoms with Crippen molar-refractivity contribution in [3.05, 3.63) is 53.6 Å². The van der Waals surface area contributed by atoms with E-state index in [4.69, 9.17) is 0 Å². The molecule has 1 N–H and O–H groups in total. The Balaban J connectivity index is 0.00000176. The summed E-state index contributed by atoms with van der Waals surface area (Å²) in [5, 5.41) is 0. The highest BCUT2D eigenvalue weighted by molar-refractivity contribution is 5.80. The standard InChI is InChI=1S/C17H16F2N2.H2/c1-17(2,3)11-6-4-10(5-7-11)16-20-14-9-12(18)8-13(19)15(14)21-16;/h4-9H,1-3H3,(H,20,21);1H. The van der Waals surface area contributed by atoms with Gasteiger partial charge >= 0.3 is 0 Å². The fourth-order valence-electron chi connectivity index (χ4n) is 2.31. The predicted molar refractivity (Wildman–Crippen MR) is 82.3 cm³/mol. The molecule has 110 valence electrons. The molecule has 3 rings (SSSR count). The highest BCUT2D eigenvalue weighted by Crippen LogP contribution is 2.27. The van der Waals surface area contributed by atoms with Crippen molar-refractivity contribution in [2.24, 2.45) is 0 Å². The SMILES string of the molecule is CC(C)(C)c1ccc(-c2nc3c(F)cc(F)cc3[nH]2)cc1.[HH]. The highest BCUT2D eigenvalue weighted by atomic mass is 19.1. The van der Waals surface area contributed by atoms with Crippen molar-refractivity contribution in [1.29, 1.82) is 0 Å². The Bertz CT molecular complexity index is 802. The fraction of sp³-hybridized carbons (Fsp3) is 0.235. The van der Waals surface area contributed by atoms with Gasteiger partial charge in [-0.05, 0) is 17.0 Å². The molecule has 3 aromatic rings. The molecule has 0 bridgehead atoms. The van der Waals surface area contributed by atoms with Crippen LogP contribution in [-0.2, 0) is 5.41 Å². The summed E-state index contributed by atoms with van der Waals surface area (Å²) in [5.41, 5.74) is 2.65. The van der Waals surface area contributed by atoms with E-state index in [1.807, 2.05) is 24.3 Å². The number of fused-ring (bicyclic) bond motifs is 1. The second-order valence-electron chi connectivity index (χ2n) is 6.20. The molecule has 2 nitrogen and oxygen atoms in total. The molecule has 0 atom stereocenters. The van der Waals surface area contributed by atoms with Crippen LogP contribution in [0.15, 0.2) is 36.4 Å². The van der Waals surface area contributed by atoms with E-state index in [0.717, 1.165) is 11.6 Å².